The molecule has 4 aliphatic carbocycles. The van der Waals surface area contributed by atoms with Gasteiger partial charge in [-0.05, 0) is 74.5 Å². The van der Waals surface area contributed by atoms with Gasteiger partial charge in [-0.25, -0.2) is 0 Å². The number of nitrogens with two attached hydrogens (primary N) is 1. The number of likely N-dealkylation sites (tertiary alicyclic amines) is 1. The van der Waals surface area contributed by atoms with Gasteiger partial charge in [0, 0.05) is 12.5 Å². The molecule has 0 spiro atoms. The second-order valence-corrected chi connectivity index (χ2v) is 8.74. The molecule has 1 saturated heterocycles. The molecule has 4 nitrogen and oxygen atoms in total. The predicted molar refractivity (Wildman–Crippen MR) is 87.2 cm³/mol. The summed E-state index contributed by atoms with van der Waals surface area (Å²) in [6, 6.07) is -0.347. The second kappa shape index (κ2) is 5.24. The first-order valence-corrected chi connectivity index (χ1v) is 9.22. The first kappa shape index (κ1) is 15.0. The number of amides is 1. The molecule has 0 aromatic heterocycles. The summed E-state index contributed by atoms with van der Waals surface area (Å²) in [5, 5.41) is 9.95. The van der Waals surface area contributed by atoms with Crippen LogP contribution in [0.3, 0.4) is 0 Å². The number of nitrogens with zero attached hydrogens (tertiary/aromatic N) is 1. The molecule has 0 aromatic carbocycles. The highest BCUT2D eigenvalue weighted by Gasteiger charge is 2.56. The SMILES string of the molecule is CB(O)[C@@H]1CCCN1C(=O)[C@@H](N)C12CC3CC(CC(C3)C1)C2. The average Bonchev–Trinajstić information content (AvgIpc) is 2.93. The van der Waals surface area contributed by atoms with E-state index in [2.05, 4.69) is 0 Å². The zero-order valence-electron chi connectivity index (χ0n) is 13.7. The Morgan fingerprint density at radius 3 is 2.27 bits per heavy atom. The molecule has 5 fully saturated rings. The van der Waals surface area contributed by atoms with Crippen LogP contribution < -0.4 is 5.73 Å². The number of rotatable bonds is 3. The maximum Gasteiger partial charge on any atom is 0.309 e. The summed E-state index contributed by atoms with van der Waals surface area (Å²) in [6.07, 6.45) is 9.53. The zero-order chi connectivity index (χ0) is 15.5. The molecule has 0 unspecified atom stereocenters. The van der Waals surface area contributed by atoms with Crippen LogP contribution in [-0.2, 0) is 4.79 Å². The largest absolute Gasteiger partial charge is 0.449 e. The molecule has 1 aliphatic heterocycles. The van der Waals surface area contributed by atoms with Crippen molar-refractivity contribution in [3.05, 3.63) is 0 Å². The van der Waals surface area contributed by atoms with Crippen molar-refractivity contribution in [2.24, 2.45) is 28.9 Å². The fourth-order valence-corrected chi connectivity index (χ4v) is 6.57. The van der Waals surface area contributed by atoms with Gasteiger partial charge in [-0.1, -0.05) is 6.82 Å². The Balaban J connectivity index is 1.54. The zero-order valence-corrected chi connectivity index (χ0v) is 13.7. The first-order chi connectivity index (χ1) is 10.5. The van der Waals surface area contributed by atoms with E-state index in [-0.39, 0.29) is 23.3 Å². The molecular weight excluding hydrogens is 275 g/mol. The maximum atomic E-state index is 13.1. The van der Waals surface area contributed by atoms with Crippen LogP contribution in [0.2, 0.25) is 6.82 Å². The second-order valence-electron chi connectivity index (χ2n) is 8.74. The summed E-state index contributed by atoms with van der Waals surface area (Å²) in [5.74, 6) is 2.54. The predicted octanol–water partition coefficient (Wildman–Crippen LogP) is 1.67. The third-order valence-electron chi connectivity index (χ3n) is 7.15. The van der Waals surface area contributed by atoms with Gasteiger partial charge in [-0.2, -0.15) is 0 Å². The van der Waals surface area contributed by atoms with Gasteiger partial charge in [0.15, 0.2) is 0 Å². The number of hydrogen-bond donors (Lipinski definition) is 2. The number of hydrogen-bond acceptors (Lipinski definition) is 3. The minimum atomic E-state index is -0.449. The van der Waals surface area contributed by atoms with E-state index in [1.54, 1.807) is 6.82 Å². The molecule has 5 aliphatic rings. The molecule has 3 N–H and O–H groups in total. The third-order valence-corrected chi connectivity index (χ3v) is 7.15. The normalized spacial score (nSPS) is 44.4. The van der Waals surface area contributed by atoms with Crippen LogP contribution in [0.5, 0.6) is 0 Å². The Hall–Kier alpha value is -0.545. The van der Waals surface area contributed by atoms with Gasteiger partial charge in [0.05, 0.1) is 6.04 Å². The Kier molecular flexibility index (Phi) is 3.57. The van der Waals surface area contributed by atoms with Crippen molar-refractivity contribution in [2.45, 2.75) is 70.2 Å². The highest BCUT2D eigenvalue weighted by atomic mass is 16.2. The summed E-state index contributed by atoms with van der Waals surface area (Å²) in [7, 11) is 0. The molecular formula is C17H29BN2O2. The van der Waals surface area contributed by atoms with Gasteiger partial charge in [0.25, 0.3) is 0 Å². The lowest BCUT2D eigenvalue weighted by molar-refractivity contribution is -0.142. The van der Waals surface area contributed by atoms with Gasteiger partial charge in [0.1, 0.15) is 0 Å². The standard InChI is InChI=1S/C17H29BN2O2/c1-18(22)14-3-2-4-20(14)16(21)15(19)17-8-11-5-12(9-17)7-13(6-11)10-17/h11-15,22H,2-10,19H2,1H3/t11?,12?,13?,14-,15+,17?/m0/s1. The van der Waals surface area contributed by atoms with Gasteiger partial charge >= 0.3 is 6.92 Å². The summed E-state index contributed by atoms with van der Waals surface area (Å²) < 4.78 is 0. The lowest BCUT2D eigenvalue weighted by atomic mass is 9.47. The molecule has 4 saturated carbocycles. The fraction of sp³-hybridized carbons (Fsp3) is 0.941. The molecule has 5 rings (SSSR count). The lowest BCUT2D eigenvalue weighted by Crippen LogP contribution is -2.61. The van der Waals surface area contributed by atoms with E-state index in [1.807, 2.05) is 4.90 Å². The molecule has 4 bridgehead atoms. The van der Waals surface area contributed by atoms with E-state index in [0.29, 0.717) is 0 Å². The van der Waals surface area contributed by atoms with Crippen LogP contribution in [0.4, 0.5) is 0 Å². The van der Waals surface area contributed by atoms with Gasteiger partial charge < -0.3 is 15.7 Å². The van der Waals surface area contributed by atoms with Gasteiger partial charge in [-0.15, -0.1) is 0 Å². The quantitative estimate of drug-likeness (QED) is 0.780. The van der Waals surface area contributed by atoms with Crippen LogP contribution in [0.15, 0.2) is 0 Å². The van der Waals surface area contributed by atoms with Crippen LogP contribution in [0.1, 0.15) is 51.4 Å². The van der Waals surface area contributed by atoms with E-state index in [1.165, 1.54) is 38.5 Å². The molecule has 5 heteroatoms. The highest BCUT2D eigenvalue weighted by molar-refractivity contribution is 6.51. The molecule has 1 heterocycles. The van der Waals surface area contributed by atoms with Crippen molar-refractivity contribution >= 4 is 12.8 Å². The summed E-state index contributed by atoms with van der Waals surface area (Å²) in [4.78, 5) is 15.0. The van der Waals surface area contributed by atoms with Crippen molar-refractivity contribution in [3.63, 3.8) is 0 Å². The van der Waals surface area contributed by atoms with Crippen LogP contribution >= 0.6 is 0 Å². The van der Waals surface area contributed by atoms with E-state index in [4.69, 9.17) is 5.73 Å². The number of carbonyl (C=O) groups excluding carboxylic acids is 1. The topological polar surface area (TPSA) is 66.6 Å². The summed E-state index contributed by atoms with van der Waals surface area (Å²) in [6.45, 7) is 2.12. The van der Waals surface area contributed by atoms with Crippen molar-refractivity contribution < 1.29 is 9.82 Å². The van der Waals surface area contributed by atoms with Crippen LogP contribution in [-0.4, -0.2) is 41.3 Å². The van der Waals surface area contributed by atoms with Gasteiger partial charge in [-0.3, -0.25) is 4.79 Å². The van der Waals surface area contributed by atoms with E-state index < -0.39 is 6.92 Å². The molecule has 22 heavy (non-hydrogen) atoms. The Labute approximate surface area is 133 Å². The Morgan fingerprint density at radius 2 is 1.77 bits per heavy atom. The van der Waals surface area contributed by atoms with E-state index >= 15 is 0 Å². The lowest BCUT2D eigenvalue weighted by Gasteiger charge is -2.58. The molecule has 0 radical (unpaired) electrons. The third kappa shape index (κ3) is 2.23. The van der Waals surface area contributed by atoms with Crippen LogP contribution in [0, 0.1) is 23.2 Å². The monoisotopic (exact) mass is 304 g/mol. The Bertz CT molecular complexity index is 432. The van der Waals surface area contributed by atoms with Crippen molar-refractivity contribution in [2.75, 3.05) is 6.54 Å². The maximum absolute atomic E-state index is 13.1. The van der Waals surface area contributed by atoms with Crippen LogP contribution in [0.25, 0.3) is 0 Å². The fourth-order valence-electron chi connectivity index (χ4n) is 6.57. The number of carbonyl (C=O) groups is 1. The first-order valence-electron chi connectivity index (χ1n) is 9.22. The summed E-state index contributed by atoms with van der Waals surface area (Å²) in [5.41, 5.74) is 6.65. The minimum absolute atomic E-state index is 0.0209. The highest BCUT2D eigenvalue weighted by Crippen LogP contribution is 2.61. The van der Waals surface area contributed by atoms with Gasteiger partial charge in [0.2, 0.25) is 5.91 Å². The van der Waals surface area contributed by atoms with E-state index in [9.17, 15) is 9.82 Å². The van der Waals surface area contributed by atoms with E-state index in [0.717, 1.165) is 37.1 Å². The van der Waals surface area contributed by atoms with Crippen molar-refractivity contribution in [3.8, 4) is 0 Å². The smallest absolute Gasteiger partial charge is 0.309 e. The van der Waals surface area contributed by atoms with Crippen molar-refractivity contribution in [1.29, 1.82) is 0 Å². The van der Waals surface area contributed by atoms with Crippen molar-refractivity contribution in [1.82, 2.24) is 4.90 Å². The Morgan fingerprint density at radius 1 is 1.23 bits per heavy atom. The molecule has 122 valence electrons. The molecule has 0 aromatic rings. The molecule has 2 atom stereocenters. The molecule has 1 amide bonds. The minimum Gasteiger partial charge on any atom is -0.449 e. The summed E-state index contributed by atoms with van der Waals surface area (Å²) >= 11 is 0. The average molecular weight is 304 g/mol.